The molecule has 1 radical (unpaired) electrons. The van der Waals surface area contributed by atoms with E-state index in [0.29, 0.717) is 5.56 Å². The van der Waals surface area contributed by atoms with Gasteiger partial charge in [-0.25, -0.2) is 0 Å². The maximum absolute atomic E-state index is 11.0. The van der Waals surface area contributed by atoms with Crippen LogP contribution in [0, 0.1) is 13.1 Å². The van der Waals surface area contributed by atoms with Crippen LogP contribution in [0.3, 0.4) is 0 Å². The van der Waals surface area contributed by atoms with E-state index in [1.807, 2.05) is 6.92 Å². The Hall–Kier alpha value is -1.38. The minimum absolute atomic E-state index is 0.116. The van der Waals surface area contributed by atoms with E-state index in [9.17, 15) is 4.79 Å². The van der Waals surface area contributed by atoms with Crippen LogP contribution in [0.4, 0.5) is 0 Å². The second-order valence-electron chi connectivity index (χ2n) is 2.23. The Labute approximate surface area is 65.5 Å². The summed E-state index contributed by atoms with van der Waals surface area (Å²) in [6.07, 6.45) is 4.21. The van der Waals surface area contributed by atoms with Crippen LogP contribution in [0.5, 0.6) is 0 Å². The lowest BCUT2D eigenvalue weighted by Gasteiger charge is -1.97. The molecule has 0 bridgehead atoms. The van der Waals surface area contributed by atoms with Gasteiger partial charge in [0.2, 0.25) is 0 Å². The van der Waals surface area contributed by atoms with Crippen molar-refractivity contribution in [2.45, 2.75) is 6.92 Å². The fourth-order valence-electron chi connectivity index (χ4n) is 0.775. The molecule has 1 amide bonds. The van der Waals surface area contributed by atoms with Crippen molar-refractivity contribution in [2.75, 3.05) is 7.05 Å². The zero-order chi connectivity index (χ0) is 8.27. The van der Waals surface area contributed by atoms with Gasteiger partial charge in [0.1, 0.15) is 0 Å². The van der Waals surface area contributed by atoms with E-state index in [-0.39, 0.29) is 5.91 Å². The summed E-state index contributed by atoms with van der Waals surface area (Å²) in [6.45, 7) is 1.85. The number of hydrogen-bond donors (Lipinski definition) is 1. The molecule has 0 saturated carbocycles. The van der Waals surface area contributed by atoms with Gasteiger partial charge in [-0.15, -0.1) is 0 Å². The largest absolute Gasteiger partial charge is 0.355 e. The molecule has 1 heterocycles. The van der Waals surface area contributed by atoms with Gasteiger partial charge >= 0.3 is 0 Å². The molecule has 3 heteroatoms. The zero-order valence-corrected chi connectivity index (χ0v) is 6.51. The molecule has 0 saturated heterocycles. The number of rotatable bonds is 1. The SMILES string of the molecule is CNC(=O)c1cn[c]c(C)c1. The number of aromatic nitrogens is 1. The van der Waals surface area contributed by atoms with Crippen LogP contribution >= 0.6 is 0 Å². The standard InChI is InChI=1S/C8H9N2O/c1-6-3-7(5-10-4-6)8(11)9-2/h3,5H,1-2H3,(H,9,11). The van der Waals surface area contributed by atoms with Crippen molar-refractivity contribution in [3.05, 3.63) is 29.6 Å². The monoisotopic (exact) mass is 149 g/mol. The van der Waals surface area contributed by atoms with Crippen LogP contribution in [-0.2, 0) is 0 Å². The Morgan fingerprint density at radius 3 is 3.00 bits per heavy atom. The molecule has 11 heavy (non-hydrogen) atoms. The third-order valence-corrected chi connectivity index (χ3v) is 1.31. The maximum Gasteiger partial charge on any atom is 0.252 e. The fourth-order valence-corrected chi connectivity index (χ4v) is 0.775. The number of hydrogen-bond acceptors (Lipinski definition) is 2. The number of nitrogens with one attached hydrogen (secondary N) is 1. The Bertz CT molecular complexity index is 271. The lowest BCUT2D eigenvalue weighted by molar-refractivity contribution is 0.0962. The van der Waals surface area contributed by atoms with E-state index < -0.39 is 0 Å². The number of aryl methyl sites for hydroxylation is 1. The van der Waals surface area contributed by atoms with Crippen LogP contribution < -0.4 is 5.32 Å². The number of carbonyl (C=O) groups excluding carboxylic acids is 1. The van der Waals surface area contributed by atoms with E-state index in [0.717, 1.165) is 5.56 Å². The third-order valence-electron chi connectivity index (χ3n) is 1.31. The Morgan fingerprint density at radius 1 is 1.73 bits per heavy atom. The smallest absolute Gasteiger partial charge is 0.252 e. The van der Waals surface area contributed by atoms with E-state index in [2.05, 4.69) is 16.5 Å². The molecule has 0 fully saturated rings. The van der Waals surface area contributed by atoms with E-state index in [1.165, 1.54) is 6.20 Å². The van der Waals surface area contributed by atoms with Crippen LogP contribution in [-0.4, -0.2) is 17.9 Å². The first-order valence-corrected chi connectivity index (χ1v) is 3.30. The lowest BCUT2D eigenvalue weighted by Crippen LogP contribution is -2.17. The predicted molar refractivity (Wildman–Crippen MR) is 41.2 cm³/mol. The first-order valence-electron chi connectivity index (χ1n) is 3.30. The van der Waals surface area contributed by atoms with Gasteiger partial charge in [-0.1, -0.05) is 0 Å². The third kappa shape index (κ3) is 1.77. The van der Waals surface area contributed by atoms with Crippen LogP contribution in [0.15, 0.2) is 12.3 Å². The van der Waals surface area contributed by atoms with Crippen molar-refractivity contribution in [3.8, 4) is 0 Å². The van der Waals surface area contributed by atoms with E-state index in [4.69, 9.17) is 0 Å². The molecular formula is C8H9N2O. The summed E-state index contributed by atoms with van der Waals surface area (Å²) in [5, 5.41) is 2.52. The molecule has 0 unspecified atom stereocenters. The van der Waals surface area contributed by atoms with Gasteiger partial charge in [-0.2, -0.15) is 0 Å². The van der Waals surface area contributed by atoms with E-state index in [1.54, 1.807) is 13.1 Å². The molecule has 0 aliphatic carbocycles. The zero-order valence-electron chi connectivity index (χ0n) is 6.51. The molecule has 0 atom stereocenters. The number of pyridine rings is 1. The van der Waals surface area contributed by atoms with Gasteiger partial charge in [0.15, 0.2) is 0 Å². The molecule has 57 valence electrons. The van der Waals surface area contributed by atoms with Gasteiger partial charge in [-0.05, 0) is 18.6 Å². The summed E-state index contributed by atoms with van der Waals surface area (Å²) in [4.78, 5) is 14.8. The number of nitrogens with zero attached hydrogens (tertiary/aromatic N) is 1. The summed E-state index contributed by atoms with van der Waals surface area (Å²) < 4.78 is 0. The first kappa shape index (κ1) is 7.72. The van der Waals surface area contributed by atoms with Crippen LogP contribution in [0.2, 0.25) is 0 Å². The number of carbonyl (C=O) groups is 1. The second kappa shape index (κ2) is 3.14. The molecule has 0 aliphatic rings. The molecule has 0 aliphatic heterocycles. The van der Waals surface area contributed by atoms with Crippen LogP contribution in [0.25, 0.3) is 0 Å². The molecule has 1 aromatic rings. The lowest BCUT2D eigenvalue weighted by atomic mass is 10.2. The van der Waals surface area contributed by atoms with Crippen molar-refractivity contribution >= 4 is 5.91 Å². The molecular weight excluding hydrogens is 140 g/mol. The highest BCUT2D eigenvalue weighted by Gasteiger charge is 2.01. The molecule has 1 N–H and O–H groups in total. The number of amides is 1. The van der Waals surface area contributed by atoms with Gasteiger partial charge in [0, 0.05) is 13.2 Å². The summed E-state index contributed by atoms with van der Waals surface area (Å²) >= 11 is 0. The van der Waals surface area contributed by atoms with Gasteiger partial charge in [-0.3, -0.25) is 9.78 Å². The normalized spacial score (nSPS) is 9.27. The summed E-state index contributed by atoms with van der Waals surface area (Å²) in [7, 11) is 1.59. The van der Waals surface area contributed by atoms with Gasteiger partial charge < -0.3 is 5.32 Å². The topological polar surface area (TPSA) is 42.0 Å². The Kier molecular flexibility index (Phi) is 2.21. The highest BCUT2D eigenvalue weighted by molar-refractivity contribution is 5.93. The summed E-state index contributed by atoms with van der Waals surface area (Å²) in [5.74, 6) is -0.116. The summed E-state index contributed by atoms with van der Waals surface area (Å²) in [6, 6.07) is 1.74. The average molecular weight is 149 g/mol. The second-order valence-corrected chi connectivity index (χ2v) is 2.23. The summed E-state index contributed by atoms with van der Waals surface area (Å²) in [5.41, 5.74) is 1.44. The minimum Gasteiger partial charge on any atom is -0.355 e. The van der Waals surface area contributed by atoms with Gasteiger partial charge in [0.25, 0.3) is 5.91 Å². The van der Waals surface area contributed by atoms with Crippen molar-refractivity contribution in [2.24, 2.45) is 0 Å². The maximum atomic E-state index is 11.0. The highest BCUT2D eigenvalue weighted by atomic mass is 16.1. The fraction of sp³-hybridized carbons (Fsp3) is 0.250. The van der Waals surface area contributed by atoms with Crippen molar-refractivity contribution < 1.29 is 4.79 Å². The molecule has 0 spiro atoms. The first-order chi connectivity index (χ1) is 5.24. The molecule has 1 rings (SSSR count). The van der Waals surface area contributed by atoms with Crippen molar-refractivity contribution in [1.29, 1.82) is 0 Å². The molecule has 0 aromatic carbocycles. The van der Waals surface area contributed by atoms with Crippen molar-refractivity contribution in [1.82, 2.24) is 10.3 Å². The quantitative estimate of drug-likeness (QED) is 0.633. The average Bonchev–Trinajstić information content (AvgIpc) is 2.03. The highest BCUT2D eigenvalue weighted by Crippen LogP contribution is 1.99. The molecule has 3 nitrogen and oxygen atoms in total. The van der Waals surface area contributed by atoms with E-state index >= 15 is 0 Å². The predicted octanol–water partition coefficient (Wildman–Crippen LogP) is 0.550. The minimum atomic E-state index is -0.116. The molecule has 1 aromatic heterocycles. The Balaban J connectivity index is 2.96. The van der Waals surface area contributed by atoms with Gasteiger partial charge in [0.05, 0.1) is 11.8 Å². The van der Waals surface area contributed by atoms with Crippen molar-refractivity contribution in [3.63, 3.8) is 0 Å². The Morgan fingerprint density at radius 2 is 2.45 bits per heavy atom. The van der Waals surface area contributed by atoms with Crippen LogP contribution in [0.1, 0.15) is 15.9 Å².